The average Bonchev–Trinajstić information content (AvgIpc) is 3.26. The SMILES string of the molecule is COc1ccc(-c2csc(N/N=C\c3cc(OC)c(OC)c(OC)c3)n2)cc1OC. The van der Waals surface area contributed by atoms with Gasteiger partial charge in [-0.25, -0.2) is 4.98 Å². The molecule has 0 spiro atoms. The molecule has 0 bridgehead atoms. The van der Waals surface area contributed by atoms with Gasteiger partial charge < -0.3 is 23.7 Å². The largest absolute Gasteiger partial charge is 0.493 e. The van der Waals surface area contributed by atoms with Crippen LogP contribution in [0.15, 0.2) is 40.8 Å². The number of ether oxygens (including phenoxy) is 5. The van der Waals surface area contributed by atoms with Crippen molar-refractivity contribution < 1.29 is 23.7 Å². The molecule has 0 amide bonds. The molecule has 1 aromatic heterocycles. The summed E-state index contributed by atoms with van der Waals surface area (Å²) >= 11 is 1.45. The molecule has 30 heavy (non-hydrogen) atoms. The van der Waals surface area contributed by atoms with Crippen molar-refractivity contribution >= 4 is 22.7 Å². The number of aromatic nitrogens is 1. The number of benzene rings is 2. The van der Waals surface area contributed by atoms with Crippen LogP contribution in [0.5, 0.6) is 28.7 Å². The van der Waals surface area contributed by atoms with Crippen LogP contribution in [0.1, 0.15) is 5.56 Å². The van der Waals surface area contributed by atoms with Crippen LogP contribution in [0.3, 0.4) is 0 Å². The van der Waals surface area contributed by atoms with E-state index >= 15 is 0 Å². The highest BCUT2D eigenvalue weighted by molar-refractivity contribution is 7.14. The Morgan fingerprint density at radius 1 is 0.833 bits per heavy atom. The van der Waals surface area contributed by atoms with Crippen LogP contribution in [0.4, 0.5) is 5.13 Å². The summed E-state index contributed by atoms with van der Waals surface area (Å²) in [4.78, 5) is 4.57. The minimum Gasteiger partial charge on any atom is -0.493 e. The minimum absolute atomic E-state index is 0.532. The second-order valence-electron chi connectivity index (χ2n) is 5.94. The fraction of sp³-hybridized carbons (Fsp3) is 0.238. The van der Waals surface area contributed by atoms with Crippen LogP contribution < -0.4 is 29.1 Å². The molecule has 8 nitrogen and oxygen atoms in total. The first-order chi connectivity index (χ1) is 14.6. The van der Waals surface area contributed by atoms with Gasteiger partial charge >= 0.3 is 0 Å². The summed E-state index contributed by atoms with van der Waals surface area (Å²) in [6.45, 7) is 0. The summed E-state index contributed by atoms with van der Waals surface area (Å²) in [5.41, 5.74) is 5.47. The van der Waals surface area contributed by atoms with Crippen molar-refractivity contribution in [3.63, 3.8) is 0 Å². The van der Waals surface area contributed by atoms with E-state index in [4.69, 9.17) is 23.7 Å². The smallest absolute Gasteiger partial charge is 0.203 e. The minimum atomic E-state index is 0.532. The maximum atomic E-state index is 5.36. The Morgan fingerprint density at radius 2 is 1.50 bits per heavy atom. The van der Waals surface area contributed by atoms with E-state index in [0.29, 0.717) is 33.9 Å². The van der Waals surface area contributed by atoms with Gasteiger partial charge in [-0.15, -0.1) is 11.3 Å². The number of anilines is 1. The van der Waals surface area contributed by atoms with Gasteiger partial charge in [0, 0.05) is 16.5 Å². The van der Waals surface area contributed by atoms with Gasteiger partial charge in [-0.1, -0.05) is 0 Å². The summed E-state index contributed by atoms with van der Waals surface area (Å²) in [5.74, 6) is 2.97. The second-order valence-corrected chi connectivity index (χ2v) is 6.79. The molecule has 158 valence electrons. The summed E-state index contributed by atoms with van der Waals surface area (Å²) < 4.78 is 26.7. The van der Waals surface area contributed by atoms with Crippen LogP contribution in [0, 0.1) is 0 Å². The van der Waals surface area contributed by atoms with Crippen molar-refractivity contribution in [3.8, 4) is 40.0 Å². The molecular weight excluding hydrogens is 406 g/mol. The van der Waals surface area contributed by atoms with Gasteiger partial charge in [-0.3, -0.25) is 5.43 Å². The van der Waals surface area contributed by atoms with Gasteiger partial charge in [-0.05, 0) is 30.3 Å². The van der Waals surface area contributed by atoms with Crippen molar-refractivity contribution in [3.05, 3.63) is 41.3 Å². The molecule has 0 unspecified atom stereocenters. The van der Waals surface area contributed by atoms with E-state index in [-0.39, 0.29) is 0 Å². The molecule has 0 aliphatic carbocycles. The molecule has 0 radical (unpaired) electrons. The third-order valence-corrected chi connectivity index (χ3v) is 4.99. The first-order valence-electron chi connectivity index (χ1n) is 8.90. The van der Waals surface area contributed by atoms with E-state index < -0.39 is 0 Å². The number of nitrogens with one attached hydrogen (secondary N) is 1. The lowest BCUT2D eigenvalue weighted by molar-refractivity contribution is 0.324. The van der Waals surface area contributed by atoms with Gasteiger partial charge in [0.2, 0.25) is 10.9 Å². The molecule has 0 fully saturated rings. The van der Waals surface area contributed by atoms with E-state index in [1.54, 1.807) is 41.8 Å². The van der Waals surface area contributed by atoms with Crippen LogP contribution in [0.2, 0.25) is 0 Å². The van der Waals surface area contributed by atoms with Crippen molar-refractivity contribution in [1.82, 2.24) is 4.98 Å². The average molecular weight is 429 g/mol. The normalized spacial score (nSPS) is 10.7. The Kier molecular flexibility index (Phi) is 6.97. The highest BCUT2D eigenvalue weighted by Gasteiger charge is 2.12. The van der Waals surface area contributed by atoms with Crippen molar-refractivity contribution in [2.45, 2.75) is 0 Å². The summed E-state index contributed by atoms with van der Waals surface area (Å²) in [6.07, 6.45) is 1.65. The number of hydrogen-bond donors (Lipinski definition) is 1. The number of methoxy groups -OCH3 is 5. The molecule has 0 atom stereocenters. The number of thiazole rings is 1. The van der Waals surface area contributed by atoms with Crippen LogP contribution >= 0.6 is 11.3 Å². The van der Waals surface area contributed by atoms with E-state index in [9.17, 15) is 0 Å². The molecule has 1 N–H and O–H groups in total. The topological polar surface area (TPSA) is 83.4 Å². The van der Waals surface area contributed by atoms with E-state index in [1.165, 1.54) is 11.3 Å². The maximum absolute atomic E-state index is 5.36. The van der Waals surface area contributed by atoms with Gasteiger partial charge in [0.1, 0.15) is 0 Å². The van der Waals surface area contributed by atoms with Crippen molar-refractivity contribution in [2.24, 2.45) is 5.10 Å². The summed E-state index contributed by atoms with van der Waals surface area (Å²) in [6, 6.07) is 9.28. The maximum Gasteiger partial charge on any atom is 0.203 e. The predicted octanol–water partition coefficient (Wildman–Crippen LogP) is 4.30. The Balaban J connectivity index is 1.75. The fourth-order valence-corrected chi connectivity index (χ4v) is 3.46. The Hall–Kier alpha value is -3.46. The standard InChI is InChI=1S/C21H23N3O5S/c1-25-16-7-6-14(10-17(16)26-2)15-12-30-21(23-15)24-22-11-13-8-18(27-3)20(29-5)19(9-13)28-4/h6-12H,1-5H3,(H,23,24)/b22-11-. The predicted molar refractivity (Wildman–Crippen MR) is 118 cm³/mol. The van der Waals surface area contributed by atoms with Gasteiger partial charge in [0.15, 0.2) is 23.0 Å². The zero-order chi connectivity index (χ0) is 21.5. The number of hydrogen-bond acceptors (Lipinski definition) is 9. The molecule has 1 heterocycles. The van der Waals surface area contributed by atoms with E-state index in [0.717, 1.165) is 16.8 Å². The third kappa shape index (κ3) is 4.57. The van der Waals surface area contributed by atoms with E-state index in [2.05, 4.69) is 15.5 Å². The zero-order valence-electron chi connectivity index (χ0n) is 17.4. The van der Waals surface area contributed by atoms with Crippen molar-refractivity contribution in [1.29, 1.82) is 0 Å². The lowest BCUT2D eigenvalue weighted by Gasteiger charge is -2.12. The summed E-state index contributed by atoms with van der Waals surface area (Å²) in [7, 11) is 7.92. The molecule has 3 aromatic rings. The molecular formula is C21H23N3O5S. The molecule has 2 aromatic carbocycles. The number of hydrazone groups is 1. The van der Waals surface area contributed by atoms with Crippen molar-refractivity contribution in [2.75, 3.05) is 41.0 Å². The van der Waals surface area contributed by atoms with Gasteiger partial charge in [0.25, 0.3) is 0 Å². The summed E-state index contributed by atoms with van der Waals surface area (Å²) in [5, 5.41) is 6.86. The Bertz CT molecular complexity index is 1010. The quantitative estimate of drug-likeness (QED) is 0.401. The number of nitrogens with zero attached hydrogens (tertiary/aromatic N) is 2. The lowest BCUT2D eigenvalue weighted by Crippen LogP contribution is -1.97. The zero-order valence-corrected chi connectivity index (χ0v) is 18.2. The van der Waals surface area contributed by atoms with E-state index in [1.807, 2.05) is 35.7 Å². The van der Waals surface area contributed by atoms with Crippen LogP contribution in [-0.2, 0) is 0 Å². The monoisotopic (exact) mass is 429 g/mol. The van der Waals surface area contributed by atoms with Gasteiger partial charge in [-0.2, -0.15) is 5.10 Å². The second kappa shape index (κ2) is 9.84. The molecule has 0 saturated carbocycles. The lowest BCUT2D eigenvalue weighted by atomic mass is 10.1. The molecule has 9 heteroatoms. The third-order valence-electron chi connectivity index (χ3n) is 4.24. The Morgan fingerprint density at radius 3 is 2.10 bits per heavy atom. The fourth-order valence-electron chi connectivity index (χ4n) is 2.79. The first-order valence-corrected chi connectivity index (χ1v) is 9.78. The molecule has 0 aliphatic rings. The number of rotatable bonds is 9. The van der Waals surface area contributed by atoms with Crippen LogP contribution in [-0.4, -0.2) is 46.7 Å². The molecule has 0 saturated heterocycles. The highest BCUT2D eigenvalue weighted by Crippen LogP contribution is 2.38. The van der Waals surface area contributed by atoms with Gasteiger partial charge in [0.05, 0.1) is 47.5 Å². The highest BCUT2D eigenvalue weighted by atomic mass is 32.1. The molecule has 3 rings (SSSR count). The molecule has 0 aliphatic heterocycles. The van der Waals surface area contributed by atoms with Crippen LogP contribution in [0.25, 0.3) is 11.3 Å². The first kappa shape index (κ1) is 21.3. The Labute approximate surface area is 179 Å².